The minimum atomic E-state index is -0.339. The smallest absolute Gasteiger partial charge is 0.321 e. The lowest BCUT2D eigenvalue weighted by Gasteiger charge is -2.30. The molecule has 0 saturated carbocycles. The second-order valence-corrected chi connectivity index (χ2v) is 8.28. The summed E-state index contributed by atoms with van der Waals surface area (Å²) >= 11 is 0. The summed E-state index contributed by atoms with van der Waals surface area (Å²) in [7, 11) is 3.22. The molecule has 1 aliphatic rings. The van der Waals surface area contributed by atoms with E-state index >= 15 is 0 Å². The van der Waals surface area contributed by atoms with E-state index in [2.05, 4.69) is 24.0 Å². The highest BCUT2D eigenvalue weighted by Crippen LogP contribution is 2.20. The van der Waals surface area contributed by atoms with Gasteiger partial charge in [0.05, 0.1) is 6.54 Å². The van der Waals surface area contributed by atoms with Gasteiger partial charge in [-0.3, -0.25) is 18.8 Å². The lowest BCUT2D eigenvalue weighted by molar-refractivity contribution is 0.171. The standard InChI is InChI=1S/C22H29N5O2/c1-16-8-7-12-26(14-16)15-18-23-20-19(21(28)25(3)22(29)24(20)2)27(18)13-11-17-9-5-4-6-10-17/h4-6,9-10,16H,7-8,11-15H2,1-3H3/t16-/m1/s1. The molecule has 1 aliphatic heterocycles. The third kappa shape index (κ3) is 3.79. The van der Waals surface area contributed by atoms with Crippen LogP contribution in [0.2, 0.25) is 0 Å². The summed E-state index contributed by atoms with van der Waals surface area (Å²) in [5, 5.41) is 0. The Morgan fingerprint density at radius 1 is 1.10 bits per heavy atom. The highest BCUT2D eigenvalue weighted by atomic mass is 16.2. The number of rotatable bonds is 5. The molecule has 0 radical (unpaired) electrons. The highest BCUT2D eigenvalue weighted by Gasteiger charge is 2.22. The molecule has 1 atom stereocenters. The first-order chi connectivity index (χ1) is 14.0. The Morgan fingerprint density at radius 3 is 2.59 bits per heavy atom. The van der Waals surface area contributed by atoms with Gasteiger partial charge < -0.3 is 4.57 Å². The topological polar surface area (TPSA) is 65.1 Å². The Hall–Kier alpha value is -2.67. The SMILES string of the molecule is C[C@@H]1CCCN(Cc2nc3c(c(=O)n(C)c(=O)n3C)n2CCc2ccccc2)C1. The van der Waals surface area contributed by atoms with Crippen molar-refractivity contribution in [2.75, 3.05) is 13.1 Å². The number of nitrogens with zero attached hydrogens (tertiary/aromatic N) is 5. The molecule has 3 aromatic rings. The zero-order valence-corrected chi connectivity index (χ0v) is 17.5. The van der Waals surface area contributed by atoms with Gasteiger partial charge in [-0.2, -0.15) is 0 Å². The molecule has 7 nitrogen and oxygen atoms in total. The predicted molar refractivity (Wildman–Crippen MR) is 114 cm³/mol. The third-order valence-electron chi connectivity index (χ3n) is 6.00. The molecule has 2 aromatic heterocycles. The van der Waals surface area contributed by atoms with E-state index in [9.17, 15) is 9.59 Å². The highest BCUT2D eigenvalue weighted by molar-refractivity contribution is 5.71. The van der Waals surface area contributed by atoms with Crippen LogP contribution in [0.25, 0.3) is 11.2 Å². The molecule has 1 saturated heterocycles. The summed E-state index contributed by atoms with van der Waals surface area (Å²) in [5.74, 6) is 1.53. The van der Waals surface area contributed by atoms with Gasteiger partial charge in [-0.1, -0.05) is 37.3 Å². The van der Waals surface area contributed by atoms with E-state index in [-0.39, 0.29) is 11.2 Å². The monoisotopic (exact) mass is 395 g/mol. The molecule has 0 N–H and O–H groups in total. The molecule has 0 amide bonds. The van der Waals surface area contributed by atoms with Crippen molar-refractivity contribution in [2.45, 2.75) is 39.3 Å². The lowest BCUT2D eigenvalue weighted by Crippen LogP contribution is -2.37. The first kappa shape index (κ1) is 19.6. The van der Waals surface area contributed by atoms with E-state index in [0.29, 0.717) is 30.2 Å². The van der Waals surface area contributed by atoms with Crippen molar-refractivity contribution in [1.29, 1.82) is 0 Å². The van der Waals surface area contributed by atoms with Crippen LogP contribution in [-0.4, -0.2) is 36.7 Å². The van der Waals surface area contributed by atoms with Crippen molar-refractivity contribution < 1.29 is 0 Å². The summed E-state index contributed by atoms with van der Waals surface area (Å²) in [6.07, 6.45) is 3.25. The Bertz CT molecular complexity index is 1130. The summed E-state index contributed by atoms with van der Waals surface area (Å²) in [5.41, 5.74) is 1.60. The fraction of sp³-hybridized carbons (Fsp3) is 0.500. The van der Waals surface area contributed by atoms with Crippen LogP contribution in [0.3, 0.4) is 0 Å². The maximum absolute atomic E-state index is 13.0. The maximum atomic E-state index is 13.0. The fourth-order valence-electron chi connectivity index (χ4n) is 4.37. The quantitative estimate of drug-likeness (QED) is 0.662. The average molecular weight is 396 g/mol. The van der Waals surface area contributed by atoms with E-state index in [1.54, 1.807) is 7.05 Å². The molecule has 154 valence electrons. The number of benzene rings is 1. The second kappa shape index (κ2) is 7.99. The predicted octanol–water partition coefficient (Wildman–Crippen LogP) is 1.91. The summed E-state index contributed by atoms with van der Waals surface area (Å²) in [6.45, 7) is 5.73. The van der Waals surface area contributed by atoms with Crippen LogP contribution >= 0.6 is 0 Å². The van der Waals surface area contributed by atoms with Crippen LogP contribution in [0, 0.1) is 5.92 Å². The number of piperidine rings is 1. The largest absolute Gasteiger partial charge is 0.332 e. The number of imidazole rings is 1. The lowest BCUT2D eigenvalue weighted by atomic mass is 10.0. The molecule has 4 rings (SSSR count). The summed E-state index contributed by atoms with van der Waals surface area (Å²) in [4.78, 5) is 32.6. The number of fused-ring (bicyclic) bond motifs is 1. The number of aromatic nitrogens is 4. The van der Waals surface area contributed by atoms with Gasteiger partial charge in [0.1, 0.15) is 5.82 Å². The minimum Gasteiger partial charge on any atom is -0.321 e. The normalized spacial score (nSPS) is 17.8. The molecule has 0 spiro atoms. The van der Waals surface area contributed by atoms with Gasteiger partial charge in [-0.25, -0.2) is 9.78 Å². The van der Waals surface area contributed by atoms with Crippen LogP contribution in [0.15, 0.2) is 39.9 Å². The molecule has 7 heteroatoms. The number of likely N-dealkylation sites (tertiary alicyclic amines) is 1. The van der Waals surface area contributed by atoms with Gasteiger partial charge in [0.25, 0.3) is 5.56 Å². The van der Waals surface area contributed by atoms with Crippen molar-refractivity contribution in [1.82, 2.24) is 23.6 Å². The Labute approximate surface area is 170 Å². The van der Waals surface area contributed by atoms with Crippen LogP contribution in [0.4, 0.5) is 0 Å². The molecular formula is C22H29N5O2. The van der Waals surface area contributed by atoms with Crippen molar-refractivity contribution >= 4 is 11.2 Å². The Kier molecular flexibility index (Phi) is 5.41. The Morgan fingerprint density at radius 2 is 1.86 bits per heavy atom. The van der Waals surface area contributed by atoms with Crippen molar-refractivity contribution in [3.63, 3.8) is 0 Å². The van der Waals surface area contributed by atoms with Gasteiger partial charge in [-0.15, -0.1) is 0 Å². The van der Waals surface area contributed by atoms with E-state index in [4.69, 9.17) is 4.98 Å². The first-order valence-corrected chi connectivity index (χ1v) is 10.4. The van der Waals surface area contributed by atoms with Crippen LogP contribution in [0.5, 0.6) is 0 Å². The van der Waals surface area contributed by atoms with Crippen LogP contribution in [0.1, 0.15) is 31.2 Å². The molecule has 3 heterocycles. The fourth-order valence-corrected chi connectivity index (χ4v) is 4.37. The Balaban J connectivity index is 1.78. The molecular weight excluding hydrogens is 366 g/mol. The van der Waals surface area contributed by atoms with Gasteiger partial charge in [-0.05, 0) is 37.3 Å². The van der Waals surface area contributed by atoms with Crippen LogP contribution in [-0.2, 0) is 33.6 Å². The molecule has 1 fully saturated rings. The molecule has 29 heavy (non-hydrogen) atoms. The molecule has 0 bridgehead atoms. The molecule has 0 unspecified atom stereocenters. The third-order valence-corrected chi connectivity index (χ3v) is 6.00. The van der Waals surface area contributed by atoms with Crippen molar-refractivity contribution in [3.05, 3.63) is 62.6 Å². The zero-order valence-electron chi connectivity index (χ0n) is 17.5. The van der Waals surface area contributed by atoms with E-state index in [1.165, 1.54) is 34.6 Å². The van der Waals surface area contributed by atoms with Gasteiger partial charge >= 0.3 is 5.69 Å². The van der Waals surface area contributed by atoms with Gasteiger partial charge in [0, 0.05) is 27.2 Å². The minimum absolute atomic E-state index is 0.276. The van der Waals surface area contributed by atoms with E-state index < -0.39 is 0 Å². The van der Waals surface area contributed by atoms with Crippen LogP contribution < -0.4 is 11.2 Å². The number of aryl methyl sites for hydroxylation is 3. The van der Waals surface area contributed by atoms with E-state index in [1.807, 2.05) is 22.8 Å². The molecule has 0 aliphatic carbocycles. The summed E-state index contributed by atoms with van der Waals surface area (Å²) < 4.78 is 4.69. The number of hydrogen-bond donors (Lipinski definition) is 0. The van der Waals surface area contributed by atoms with Crippen molar-refractivity contribution in [2.24, 2.45) is 20.0 Å². The van der Waals surface area contributed by atoms with E-state index in [0.717, 1.165) is 25.3 Å². The first-order valence-electron chi connectivity index (χ1n) is 10.4. The second-order valence-electron chi connectivity index (χ2n) is 8.28. The summed E-state index contributed by atoms with van der Waals surface area (Å²) in [6, 6.07) is 10.3. The van der Waals surface area contributed by atoms with Crippen molar-refractivity contribution in [3.8, 4) is 0 Å². The van der Waals surface area contributed by atoms with Gasteiger partial charge in [0.2, 0.25) is 0 Å². The van der Waals surface area contributed by atoms with Gasteiger partial charge in [0.15, 0.2) is 11.2 Å². The zero-order chi connectivity index (χ0) is 20.5. The number of hydrogen-bond acceptors (Lipinski definition) is 4. The molecule has 1 aromatic carbocycles. The maximum Gasteiger partial charge on any atom is 0.332 e. The average Bonchev–Trinajstić information content (AvgIpc) is 3.08.